The average Bonchev–Trinajstić information content (AvgIpc) is 2.10. The molecule has 12 heavy (non-hydrogen) atoms. The lowest BCUT2D eigenvalue weighted by atomic mass is 10.5. The molecule has 0 aromatic rings. The summed E-state index contributed by atoms with van der Waals surface area (Å²) in [6.45, 7) is 2.42. The largest absolute Gasteiger partial charge is 0.508 e. The molecule has 0 aliphatic rings. The summed E-state index contributed by atoms with van der Waals surface area (Å²) < 4.78 is 20.2. The lowest BCUT2D eigenvalue weighted by molar-refractivity contribution is -0.140. The summed E-state index contributed by atoms with van der Waals surface area (Å²) in [6, 6.07) is 0. The summed E-state index contributed by atoms with van der Waals surface area (Å²) in [6.07, 6.45) is 1.25. The molecule has 4 nitrogen and oxygen atoms in total. The van der Waals surface area contributed by atoms with Crippen molar-refractivity contribution in [3.8, 4) is 0 Å². The molecule has 0 bridgehead atoms. The molecule has 0 amide bonds. The van der Waals surface area contributed by atoms with Gasteiger partial charge in [-0.15, -0.1) is 4.52 Å². The lowest BCUT2D eigenvalue weighted by Crippen LogP contribution is -2.01. The van der Waals surface area contributed by atoms with Crippen LogP contribution in [0.5, 0.6) is 0 Å². The van der Waals surface area contributed by atoms with E-state index in [9.17, 15) is 9.36 Å². The van der Waals surface area contributed by atoms with Crippen molar-refractivity contribution in [2.75, 3.05) is 19.9 Å². The van der Waals surface area contributed by atoms with Gasteiger partial charge in [0.2, 0.25) is 0 Å². The third kappa shape index (κ3) is 6.25. The number of carbonyl (C=O) groups excluding carboxylic acids is 1. The van der Waals surface area contributed by atoms with E-state index >= 15 is 0 Å². The summed E-state index contributed by atoms with van der Waals surface area (Å²) in [4.78, 5) is 10.6. The zero-order valence-corrected chi connectivity index (χ0v) is 8.30. The highest BCUT2D eigenvalue weighted by Gasteiger charge is 2.18. The minimum atomic E-state index is -1.68. The van der Waals surface area contributed by atoms with Gasteiger partial charge >= 0.3 is 14.0 Å². The molecule has 0 saturated heterocycles. The van der Waals surface area contributed by atoms with Crippen molar-refractivity contribution in [3.05, 3.63) is 0 Å². The Hall–Kier alpha value is -0.470. The van der Waals surface area contributed by atoms with Gasteiger partial charge in [-0.25, -0.2) is 0 Å². The third-order valence-corrected chi connectivity index (χ3v) is 2.22. The van der Waals surface area contributed by atoms with Crippen LogP contribution in [0, 0.1) is 0 Å². The first-order valence-corrected chi connectivity index (χ1v) is 5.21. The summed E-state index contributed by atoms with van der Waals surface area (Å²) >= 11 is 0. The Morgan fingerprint density at radius 1 is 1.50 bits per heavy atom. The predicted molar refractivity (Wildman–Crippen MR) is 45.3 cm³/mol. The molecule has 0 fully saturated rings. The molecule has 0 spiro atoms. The van der Waals surface area contributed by atoms with E-state index in [1.165, 1.54) is 7.11 Å². The Bertz CT molecular complexity index is 157. The van der Waals surface area contributed by atoms with Gasteiger partial charge in [0.25, 0.3) is 0 Å². The third-order valence-electron chi connectivity index (χ3n) is 1.17. The quantitative estimate of drug-likeness (QED) is 0.476. The van der Waals surface area contributed by atoms with Crippen LogP contribution in [0.3, 0.4) is 0 Å². The van der Waals surface area contributed by atoms with E-state index in [-0.39, 0.29) is 18.6 Å². The van der Waals surface area contributed by atoms with Crippen LogP contribution in [0.2, 0.25) is 0 Å². The van der Waals surface area contributed by atoms with Gasteiger partial charge in [0.1, 0.15) is 6.61 Å². The maximum Gasteiger partial charge on any atom is 0.508 e. The molecule has 1 unspecified atom stereocenters. The predicted octanol–water partition coefficient (Wildman–Crippen LogP) is 1.72. The van der Waals surface area contributed by atoms with Gasteiger partial charge in [-0.2, -0.15) is 0 Å². The van der Waals surface area contributed by atoms with Crippen LogP contribution in [0.25, 0.3) is 0 Å². The Balaban J connectivity index is 3.37. The average molecular weight is 193 g/mol. The van der Waals surface area contributed by atoms with Crippen molar-refractivity contribution in [2.24, 2.45) is 0 Å². The number of hydrogen-bond donors (Lipinski definition) is 0. The van der Waals surface area contributed by atoms with Gasteiger partial charge in [0.15, 0.2) is 6.16 Å². The minimum Gasteiger partial charge on any atom is -0.469 e. The molecule has 0 heterocycles. The molecular weight excluding hydrogens is 179 g/mol. The fourth-order valence-electron chi connectivity index (χ4n) is 0.542. The molecule has 5 heteroatoms. The SMILES string of the molecule is CCCO[P+](=O)CCC(=O)OC. The van der Waals surface area contributed by atoms with Crippen LogP contribution in [0.1, 0.15) is 19.8 Å². The van der Waals surface area contributed by atoms with Crippen molar-refractivity contribution in [1.82, 2.24) is 0 Å². The van der Waals surface area contributed by atoms with E-state index in [4.69, 9.17) is 4.52 Å². The zero-order valence-electron chi connectivity index (χ0n) is 7.41. The fraction of sp³-hybridized carbons (Fsp3) is 0.857. The lowest BCUT2D eigenvalue weighted by Gasteiger charge is -1.91. The molecule has 0 saturated carbocycles. The smallest absolute Gasteiger partial charge is 0.469 e. The van der Waals surface area contributed by atoms with E-state index in [2.05, 4.69) is 4.74 Å². The van der Waals surface area contributed by atoms with Crippen LogP contribution >= 0.6 is 8.03 Å². The topological polar surface area (TPSA) is 52.6 Å². The normalized spacial score (nSPS) is 11.0. The van der Waals surface area contributed by atoms with Gasteiger partial charge in [-0.1, -0.05) is 6.92 Å². The molecular formula is C7H14O4P+. The Labute approximate surface area is 73.1 Å². The Morgan fingerprint density at radius 3 is 2.67 bits per heavy atom. The molecule has 0 radical (unpaired) electrons. The summed E-state index contributed by atoms with van der Waals surface area (Å²) in [7, 11) is -0.368. The first-order chi connectivity index (χ1) is 5.70. The second-order valence-corrected chi connectivity index (χ2v) is 3.59. The van der Waals surface area contributed by atoms with E-state index < -0.39 is 8.03 Å². The van der Waals surface area contributed by atoms with E-state index in [0.29, 0.717) is 6.61 Å². The van der Waals surface area contributed by atoms with Gasteiger partial charge in [0, 0.05) is 0 Å². The number of ether oxygens (including phenoxy) is 1. The van der Waals surface area contributed by atoms with Crippen LogP contribution < -0.4 is 0 Å². The molecule has 0 rings (SSSR count). The molecule has 0 N–H and O–H groups in total. The molecule has 0 aliphatic heterocycles. The zero-order chi connectivity index (χ0) is 9.40. The summed E-state index contributed by atoms with van der Waals surface area (Å²) in [5.41, 5.74) is 0. The van der Waals surface area contributed by atoms with E-state index in [1.54, 1.807) is 0 Å². The van der Waals surface area contributed by atoms with E-state index in [0.717, 1.165) is 6.42 Å². The monoisotopic (exact) mass is 193 g/mol. The molecule has 1 atom stereocenters. The van der Waals surface area contributed by atoms with Crippen molar-refractivity contribution in [3.63, 3.8) is 0 Å². The van der Waals surface area contributed by atoms with Gasteiger partial charge < -0.3 is 4.74 Å². The number of esters is 1. The van der Waals surface area contributed by atoms with Crippen LogP contribution in [0.15, 0.2) is 0 Å². The Morgan fingerprint density at radius 2 is 2.17 bits per heavy atom. The fourth-order valence-corrected chi connectivity index (χ4v) is 1.42. The first kappa shape index (κ1) is 11.5. The number of hydrogen-bond acceptors (Lipinski definition) is 4. The van der Waals surface area contributed by atoms with Crippen LogP contribution in [0.4, 0.5) is 0 Å². The first-order valence-electron chi connectivity index (χ1n) is 3.85. The number of rotatable bonds is 6. The van der Waals surface area contributed by atoms with Crippen molar-refractivity contribution >= 4 is 14.0 Å². The number of carbonyl (C=O) groups is 1. The second kappa shape index (κ2) is 7.19. The van der Waals surface area contributed by atoms with E-state index in [1.807, 2.05) is 6.92 Å². The van der Waals surface area contributed by atoms with Crippen LogP contribution in [-0.2, 0) is 18.6 Å². The molecule has 0 aromatic heterocycles. The highest BCUT2D eigenvalue weighted by atomic mass is 31.1. The van der Waals surface area contributed by atoms with Crippen molar-refractivity contribution in [2.45, 2.75) is 19.8 Å². The maximum atomic E-state index is 10.9. The molecule has 0 aliphatic carbocycles. The Kier molecular flexibility index (Phi) is 6.91. The van der Waals surface area contributed by atoms with Gasteiger partial charge in [-0.3, -0.25) is 4.79 Å². The number of methoxy groups -OCH3 is 1. The standard InChI is InChI=1S/C7H14O4P/c1-3-5-11-12(9)6-4-7(8)10-2/h3-6H2,1-2H3/q+1. The second-order valence-electron chi connectivity index (χ2n) is 2.22. The maximum absolute atomic E-state index is 10.9. The van der Waals surface area contributed by atoms with Crippen LogP contribution in [-0.4, -0.2) is 25.8 Å². The summed E-state index contributed by atoms with van der Waals surface area (Å²) in [5, 5.41) is 0. The summed E-state index contributed by atoms with van der Waals surface area (Å²) in [5.74, 6) is -0.349. The molecule has 0 aromatic carbocycles. The van der Waals surface area contributed by atoms with Gasteiger partial charge in [0.05, 0.1) is 13.5 Å². The van der Waals surface area contributed by atoms with Crippen molar-refractivity contribution < 1.29 is 18.6 Å². The van der Waals surface area contributed by atoms with Gasteiger partial charge in [-0.05, 0) is 11.0 Å². The highest BCUT2D eigenvalue weighted by molar-refractivity contribution is 7.39. The minimum absolute atomic E-state index is 0.162. The molecule has 70 valence electrons. The highest BCUT2D eigenvalue weighted by Crippen LogP contribution is 2.22. The van der Waals surface area contributed by atoms with Crippen molar-refractivity contribution in [1.29, 1.82) is 0 Å².